The maximum absolute atomic E-state index is 12.7. The Balaban J connectivity index is 1.45. The fourth-order valence-corrected chi connectivity index (χ4v) is 3.96. The zero-order chi connectivity index (χ0) is 18.2. The van der Waals surface area contributed by atoms with E-state index >= 15 is 0 Å². The maximum Gasteiger partial charge on any atom is 0.318 e. The Labute approximate surface area is 155 Å². The predicted octanol–water partition coefficient (Wildman–Crippen LogP) is 2.29. The molecule has 7 heteroatoms. The van der Waals surface area contributed by atoms with Crippen molar-refractivity contribution in [1.29, 1.82) is 0 Å². The van der Waals surface area contributed by atoms with E-state index in [0.29, 0.717) is 13.1 Å². The number of carbonyl (C=O) groups excluding carboxylic acids is 2. The SMILES string of the molecule is O=C(NCCCn1ccnc1)C1CCCCN1C(=O)NC1CCCCC1. The van der Waals surface area contributed by atoms with Gasteiger partial charge in [-0.25, -0.2) is 9.78 Å². The van der Waals surface area contributed by atoms with Crippen LogP contribution in [0.5, 0.6) is 0 Å². The smallest absolute Gasteiger partial charge is 0.318 e. The lowest BCUT2D eigenvalue weighted by Gasteiger charge is -2.36. The van der Waals surface area contributed by atoms with Gasteiger partial charge in [-0.15, -0.1) is 0 Å². The van der Waals surface area contributed by atoms with Crippen LogP contribution in [-0.2, 0) is 11.3 Å². The second kappa shape index (κ2) is 9.59. The van der Waals surface area contributed by atoms with Crippen LogP contribution in [0.15, 0.2) is 18.7 Å². The van der Waals surface area contributed by atoms with Crippen molar-refractivity contribution in [2.75, 3.05) is 13.1 Å². The number of amides is 3. The summed E-state index contributed by atoms with van der Waals surface area (Å²) in [5.41, 5.74) is 0. The summed E-state index contributed by atoms with van der Waals surface area (Å²) in [5, 5.41) is 6.16. The molecule has 3 amide bonds. The molecule has 1 aliphatic heterocycles. The Morgan fingerprint density at radius 2 is 1.88 bits per heavy atom. The predicted molar refractivity (Wildman–Crippen MR) is 99.6 cm³/mol. The van der Waals surface area contributed by atoms with Crippen LogP contribution in [0.3, 0.4) is 0 Å². The Bertz CT molecular complexity index is 568. The van der Waals surface area contributed by atoms with Gasteiger partial charge in [-0.1, -0.05) is 19.3 Å². The average Bonchev–Trinajstić information content (AvgIpc) is 3.19. The molecule has 7 nitrogen and oxygen atoms in total. The highest BCUT2D eigenvalue weighted by Crippen LogP contribution is 2.20. The van der Waals surface area contributed by atoms with Gasteiger partial charge in [0.1, 0.15) is 6.04 Å². The Kier molecular flexibility index (Phi) is 6.91. The highest BCUT2D eigenvalue weighted by atomic mass is 16.2. The van der Waals surface area contributed by atoms with Crippen molar-refractivity contribution in [1.82, 2.24) is 25.1 Å². The molecule has 3 rings (SSSR count). The molecule has 0 aromatic carbocycles. The number of aromatic nitrogens is 2. The van der Waals surface area contributed by atoms with Crippen molar-refractivity contribution >= 4 is 11.9 Å². The molecule has 0 spiro atoms. The molecule has 1 saturated heterocycles. The minimum absolute atomic E-state index is 0.0193. The number of rotatable bonds is 6. The molecule has 1 unspecified atom stereocenters. The van der Waals surface area contributed by atoms with Gasteiger partial charge in [0.2, 0.25) is 5.91 Å². The number of imidazole rings is 1. The first-order chi connectivity index (χ1) is 12.7. The van der Waals surface area contributed by atoms with Gasteiger partial charge in [-0.2, -0.15) is 0 Å². The van der Waals surface area contributed by atoms with E-state index in [1.54, 1.807) is 17.4 Å². The van der Waals surface area contributed by atoms with Crippen LogP contribution in [0, 0.1) is 0 Å². The van der Waals surface area contributed by atoms with Crippen LogP contribution in [-0.4, -0.2) is 51.6 Å². The number of piperidine rings is 1. The van der Waals surface area contributed by atoms with E-state index in [9.17, 15) is 9.59 Å². The summed E-state index contributed by atoms with van der Waals surface area (Å²) < 4.78 is 2.00. The van der Waals surface area contributed by atoms with Gasteiger partial charge >= 0.3 is 6.03 Å². The van der Waals surface area contributed by atoms with E-state index in [-0.39, 0.29) is 24.0 Å². The van der Waals surface area contributed by atoms with Crippen molar-refractivity contribution in [3.63, 3.8) is 0 Å². The van der Waals surface area contributed by atoms with E-state index in [0.717, 1.165) is 45.1 Å². The van der Waals surface area contributed by atoms with E-state index in [1.165, 1.54) is 19.3 Å². The van der Waals surface area contributed by atoms with Crippen LogP contribution in [0.25, 0.3) is 0 Å². The fourth-order valence-electron chi connectivity index (χ4n) is 3.96. The van der Waals surface area contributed by atoms with Gasteiger partial charge < -0.3 is 20.1 Å². The first kappa shape index (κ1) is 18.7. The number of urea groups is 1. The molecule has 2 fully saturated rings. The lowest BCUT2D eigenvalue weighted by Crippen LogP contribution is -2.56. The lowest BCUT2D eigenvalue weighted by atomic mass is 9.95. The largest absolute Gasteiger partial charge is 0.354 e. The molecule has 1 aliphatic carbocycles. The fraction of sp³-hybridized carbons (Fsp3) is 0.737. The number of nitrogens with zero attached hydrogens (tertiary/aromatic N) is 3. The van der Waals surface area contributed by atoms with Crippen LogP contribution in [0.1, 0.15) is 57.8 Å². The first-order valence-corrected chi connectivity index (χ1v) is 10.0. The summed E-state index contributed by atoms with van der Waals surface area (Å²) in [6.07, 6.45) is 14.8. The van der Waals surface area contributed by atoms with Gasteiger partial charge in [0.15, 0.2) is 0 Å². The van der Waals surface area contributed by atoms with E-state index in [1.807, 2.05) is 10.8 Å². The quantitative estimate of drug-likeness (QED) is 0.763. The number of likely N-dealkylation sites (tertiary alicyclic amines) is 1. The number of nitrogens with one attached hydrogen (secondary N) is 2. The minimum atomic E-state index is -0.333. The molecule has 2 N–H and O–H groups in total. The van der Waals surface area contributed by atoms with Gasteiger partial charge in [0.05, 0.1) is 6.33 Å². The van der Waals surface area contributed by atoms with E-state index in [2.05, 4.69) is 15.6 Å². The number of hydrogen-bond acceptors (Lipinski definition) is 3. The molecule has 0 bridgehead atoms. The number of hydrogen-bond donors (Lipinski definition) is 2. The second-order valence-corrected chi connectivity index (χ2v) is 7.43. The minimum Gasteiger partial charge on any atom is -0.354 e. The summed E-state index contributed by atoms with van der Waals surface area (Å²) in [5.74, 6) is -0.0193. The molecular weight excluding hydrogens is 330 g/mol. The third-order valence-electron chi connectivity index (χ3n) is 5.45. The lowest BCUT2D eigenvalue weighted by molar-refractivity contribution is -0.126. The summed E-state index contributed by atoms with van der Waals surface area (Å²) in [6.45, 7) is 2.12. The highest BCUT2D eigenvalue weighted by Gasteiger charge is 2.32. The maximum atomic E-state index is 12.7. The average molecular weight is 361 g/mol. The van der Waals surface area contributed by atoms with Crippen molar-refractivity contribution in [3.8, 4) is 0 Å². The van der Waals surface area contributed by atoms with Crippen LogP contribution >= 0.6 is 0 Å². The zero-order valence-corrected chi connectivity index (χ0v) is 15.5. The molecule has 1 atom stereocenters. The molecule has 2 heterocycles. The summed E-state index contributed by atoms with van der Waals surface area (Å²) >= 11 is 0. The highest BCUT2D eigenvalue weighted by molar-refractivity contribution is 5.87. The van der Waals surface area contributed by atoms with Crippen LogP contribution < -0.4 is 10.6 Å². The Morgan fingerprint density at radius 3 is 2.65 bits per heavy atom. The summed E-state index contributed by atoms with van der Waals surface area (Å²) in [7, 11) is 0. The van der Waals surface area contributed by atoms with Gasteiger partial charge in [0.25, 0.3) is 0 Å². The van der Waals surface area contributed by atoms with Crippen molar-refractivity contribution in [2.24, 2.45) is 0 Å². The molecule has 1 saturated carbocycles. The van der Waals surface area contributed by atoms with E-state index in [4.69, 9.17) is 0 Å². The summed E-state index contributed by atoms with van der Waals surface area (Å²) in [6, 6.07) is -0.118. The van der Waals surface area contributed by atoms with Crippen LogP contribution in [0.4, 0.5) is 4.79 Å². The zero-order valence-electron chi connectivity index (χ0n) is 15.5. The number of carbonyl (C=O) groups is 2. The third-order valence-corrected chi connectivity index (χ3v) is 5.45. The van der Waals surface area contributed by atoms with E-state index < -0.39 is 0 Å². The molecule has 1 aromatic heterocycles. The van der Waals surface area contributed by atoms with Crippen LogP contribution in [0.2, 0.25) is 0 Å². The normalized spacial score (nSPS) is 21.4. The van der Waals surface area contributed by atoms with Crippen molar-refractivity contribution in [3.05, 3.63) is 18.7 Å². The topological polar surface area (TPSA) is 79.3 Å². The molecule has 26 heavy (non-hydrogen) atoms. The van der Waals surface area contributed by atoms with Crippen molar-refractivity contribution < 1.29 is 9.59 Å². The van der Waals surface area contributed by atoms with Gasteiger partial charge in [-0.05, 0) is 38.5 Å². The summed E-state index contributed by atoms with van der Waals surface area (Å²) in [4.78, 5) is 31.1. The van der Waals surface area contributed by atoms with Crippen molar-refractivity contribution in [2.45, 2.75) is 76.4 Å². The number of aryl methyl sites for hydroxylation is 1. The molecular formula is C19H31N5O2. The second-order valence-electron chi connectivity index (χ2n) is 7.43. The molecule has 2 aliphatic rings. The first-order valence-electron chi connectivity index (χ1n) is 10.0. The van der Waals surface area contributed by atoms with Gasteiger partial charge in [0, 0.05) is 38.1 Å². The monoisotopic (exact) mass is 361 g/mol. The van der Waals surface area contributed by atoms with Gasteiger partial charge in [-0.3, -0.25) is 4.79 Å². The molecule has 144 valence electrons. The third kappa shape index (κ3) is 5.22. The molecule has 0 radical (unpaired) electrons. The Hall–Kier alpha value is -2.05. The Morgan fingerprint density at radius 1 is 1.08 bits per heavy atom. The molecule has 1 aromatic rings. The standard InChI is InChI=1S/C19H31N5O2/c25-18(21-10-6-12-23-14-11-20-15-23)17-9-4-5-13-24(17)19(26)22-16-7-2-1-3-8-16/h11,14-17H,1-10,12-13H2,(H,21,25)(H,22,26).